The number of hydrogen-bond acceptors (Lipinski definition) is 1. The van der Waals surface area contributed by atoms with Crippen LogP contribution in [0.3, 0.4) is 0 Å². The molecule has 0 heterocycles. The minimum Gasteiger partial charge on any atom is -0.402 e. The summed E-state index contributed by atoms with van der Waals surface area (Å²) in [7, 11) is 0. The zero-order valence-corrected chi connectivity index (χ0v) is 6.54. The third kappa shape index (κ3) is 1.75. The quantitative estimate of drug-likeness (QED) is 0.515. The van der Waals surface area contributed by atoms with Gasteiger partial charge in [-0.2, -0.15) is 0 Å². The van der Waals surface area contributed by atoms with Crippen molar-refractivity contribution in [1.29, 1.82) is 0 Å². The van der Waals surface area contributed by atoms with E-state index in [2.05, 4.69) is 5.92 Å². The van der Waals surface area contributed by atoms with Gasteiger partial charge in [-0.05, 0) is 18.2 Å². The molecule has 0 radical (unpaired) electrons. The van der Waals surface area contributed by atoms with Gasteiger partial charge in [-0.25, -0.2) is 0 Å². The van der Waals surface area contributed by atoms with Crippen LogP contribution in [-0.2, 0) is 0 Å². The number of terminal acetylenes is 1. The lowest BCUT2D eigenvalue weighted by Gasteiger charge is -2.02. The van der Waals surface area contributed by atoms with E-state index < -0.39 is 0 Å². The molecule has 1 aliphatic rings. The van der Waals surface area contributed by atoms with Crippen LogP contribution in [0, 0.1) is 18.3 Å². The zero-order chi connectivity index (χ0) is 8.27. The third-order valence-electron chi connectivity index (χ3n) is 1.71. The maximum Gasteiger partial charge on any atom is 0.0240 e. The molecule has 1 unspecified atom stereocenters. The van der Waals surface area contributed by atoms with E-state index in [0.717, 1.165) is 11.3 Å². The molecule has 11 heavy (non-hydrogen) atoms. The van der Waals surface area contributed by atoms with Crippen LogP contribution in [0.1, 0.15) is 6.92 Å². The van der Waals surface area contributed by atoms with E-state index in [1.165, 1.54) is 0 Å². The Hall–Kier alpha value is -1.42. The van der Waals surface area contributed by atoms with Crippen LogP contribution >= 0.6 is 0 Å². The summed E-state index contributed by atoms with van der Waals surface area (Å²) in [6.07, 6.45) is 12.9. The van der Waals surface area contributed by atoms with E-state index in [1.54, 1.807) is 0 Å². The molecule has 0 spiro atoms. The molecule has 1 nitrogen and oxygen atoms in total. The predicted octanol–water partition coefficient (Wildman–Crippen LogP) is 1.59. The Labute approximate surface area is 67.3 Å². The van der Waals surface area contributed by atoms with Crippen LogP contribution in [0.5, 0.6) is 0 Å². The standard InChI is InChI=1S/C10H11N/c1-3-9-5-4-8(2)10(11)7-6-9/h1,4-8H,11H2,2H3. The van der Waals surface area contributed by atoms with Gasteiger partial charge in [0, 0.05) is 17.2 Å². The highest BCUT2D eigenvalue weighted by Gasteiger charge is 2.01. The molecule has 0 aromatic rings. The van der Waals surface area contributed by atoms with Gasteiger partial charge in [0.05, 0.1) is 0 Å². The van der Waals surface area contributed by atoms with Crippen LogP contribution in [0.2, 0.25) is 0 Å². The lowest BCUT2D eigenvalue weighted by molar-refractivity contribution is 0.849. The van der Waals surface area contributed by atoms with Crippen molar-refractivity contribution >= 4 is 0 Å². The highest BCUT2D eigenvalue weighted by Crippen LogP contribution is 2.12. The summed E-state index contributed by atoms with van der Waals surface area (Å²) < 4.78 is 0. The lowest BCUT2D eigenvalue weighted by atomic mass is 10.1. The molecular weight excluding hydrogens is 134 g/mol. The second kappa shape index (κ2) is 3.12. The van der Waals surface area contributed by atoms with Crippen molar-refractivity contribution in [3.63, 3.8) is 0 Å². The molecule has 1 atom stereocenters. The van der Waals surface area contributed by atoms with Gasteiger partial charge in [0.15, 0.2) is 0 Å². The molecule has 2 N–H and O–H groups in total. The van der Waals surface area contributed by atoms with Gasteiger partial charge >= 0.3 is 0 Å². The van der Waals surface area contributed by atoms with Crippen LogP contribution in [-0.4, -0.2) is 0 Å². The molecule has 0 aromatic carbocycles. The molecule has 0 bridgehead atoms. The maximum atomic E-state index is 5.69. The van der Waals surface area contributed by atoms with Gasteiger partial charge in [0.2, 0.25) is 0 Å². The van der Waals surface area contributed by atoms with Crippen molar-refractivity contribution in [3.8, 4) is 12.3 Å². The summed E-state index contributed by atoms with van der Waals surface area (Å²) in [4.78, 5) is 0. The Morgan fingerprint density at radius 2 is 2.27 bits per heavy atom. The Morgan fingerprint density at radius 1 is 1.55 bits per heavy atom. The first-order chi connectivity index (χ1) is 5.24. The van der Waals surface area contributed by atoms with E-state index >= 15 is 0 Å². The molecule has 0 aromatic heterocycles. The summed E-state index contributed by atoms with van der Waals surface area (Å²) in [5, 5.41) is 0. The first kappa shape index (κ1) is 7.68. The van der Waals surface area contributed by atoms with Crippen LogP contribution in [0.25, 0.3) is 0 Å². The highest BCUT2D eigenvalue weighted by molar-refractivity contribution is 5.42. The van der Waals surface area contributed by atoms with Crippen molar-refractivity contribution in [1.82, 2.24) is 0 Å². The normalized spacial score (nSPS) is 23.1. The molecule has 1 rings (SSSR count). The van der Waals surface area contributed by atoms with Crippen molar-refractivity contribution < 1.29 is 0 Å². The molecule has 0 saturated heterocycles. The molecule has 0 amide bonds. The monoisotopic (exact) mass is 145 g/mol. The Kier molecular flexibility index (Phi) is 2.18. The maximum absolute atomic E-state index is 5.69. The highest BCUT2D eigenvalue weighted by atomic mass is 14.6. The number of nitrogens with two attached hydrogens (primary N) is 1. The summed E-state index contributed by atoms with van der Waals surface area (Å²) in [5.41, 5.74) is 7.42. The predicted molar refractivity (Wildman–Crippen MR) is 47.5 cm³/mol. The first-order valence-electron chi connectivity index (χ1n) is 3.56. The Bertz CT molecular complexity index is 274. The first-order valence-corrected chi connectivity index (χ1v) is 3.56. The fourth-order valence-electron chi connectivity index (χ4n) is 0.849. The van der Waals surface area contributed by atoms with Gasteiger partial charge in [-0.3, -0.25) is 0 Å². The van der Waals surface area contributed by atoms with Gasteiger partial charge in [-0.15, -0.1) is 6.42 Å². The Morgan fingerprint density at radius 3 is 2.91 bits per heavy atom. The van der Waals surface area contributed by atoms with E-state index in [9.17, 15) is 0 Å². The second-order valence-electron chi connectivity index (χ2n) is 2.58. The molecule has 56 valence electrons. The van der Waals surface area contributed by atoms with Crippen LogP contribution < -0.4 is 5.73 Å². The van der Waals surface area contributed by atoms with E-state index in [1.807, 2.05) is 31.2 Å². The average Bonchev–Trinajstić information content (AvgIpc) is 2.16. The van der Waals surface area contributed by atoms with E-state index in [0.29, 0.717) is 0 Å². The topological polar surface area (TPSA) is 26.0 Å². The second-order valence-corrected chi connectivity index (χ2v) is 2.58. The van der Waals surface area contributed by atoms with Gasteiger partial charge in [0.25, 0.3) is 0 Å². The lowest BCUT2D eigenvalue weighted by Crippen LogP contribution is -2.04. The van der Waals surface area contributed by atoms with E-state index in [4.69, 9.17) is 12.2 Å². The van der Waals surface area contributed by atoms with Crippen LogP contribution in [0.4, 0.5) is 0 Å². The Balaban J connectivity index is 2.95. The molecule has 0 saturated carbocycles. The fraction of sp³-hybridized carbons (Fsp3) is 0.200. The smallest absolute Gasteiger partial charge is 0.0240 e. The van der Waals surface area contributed by atoms with E-state index in [-0.39, 0.29) is 5.92 Å². The SMILES string of the molecule is C#CC1=CC=C(N)C(C)C=C1. The minimum absolute atomic E-state index is 0.289. The summed E-state index contributed by atoms with van der Waals surface area (Å²) in [6, 6.07) is 0. The molecule has 1 aliphatic carbocycles. The molecule has 0 fully saturated rings. The van der Waals surface area contributed by atoms with Crippen molar-refractivity contribution in [2.75, 3.05) is 0 Å². The number of rotatable bonds is 0. The van der Waals surface area contributed by atoms with Gasteiger partial charge in [0.1, 0.15) is 0 Å². The van der Waals surface area contributed by atoms with Crippen LogP contribution in [0.15, 0.2) is 35.6 Å². The van der Waals surface area contributed by atoms with Gasteiger partial charge in [-0.1, -0.05) is 18.9 Å². The largest absolute Gasteiger partial charge is 0.402 e. The molecule has 0 aliphatic heterocycles. The molecule has 1 heteroatoms. The summed E-state index contributed by atoms with van der Waals surface area (Å²) >= 11 is 0. The minimum atomic E-state index is 0.289. The summed E-state index contributed by atoms with van der Waals surface area (Å²) in [5.74, 6) is 2.85. The number of hydrogen-bond donors (Lipinski definition) is 1. The van der Waals surface area contributed by atoms with Crippen molar-refractivity contribution in [3.05, 3.63) is 35.6 Å². The molecular formula is C10H11N. The number of allylic oxidation sites excluding steroid dienone is 5. The van der Waals surface area contributed by atoms with Gasteiger partial charge < -0.3 is 5.73 Å². The van der Waals surface area contributed by atoms with Crippen molar-refractivity contribution in [2.45, 2.75) is 6.92 Å². The average molecular weight is 145 g/mol. The third-order valence-corrected chi connectivity index (χ3v) is 1.71. The summed E-state index contributed by atoms with van der Waals surface area (Å²) in [6.45, 7) is 2.04. The zero-order valence-electron chi connectivity index (χ0n) is 6.54. The fourth-order valence-corrected chi connectivity index (χ4v) is 0.849. The van der Waals surface area contributed by atoms with Crippen molar-refractivity contribution in [2.24, 2.45) is 11.7 Å².